The normalized spacial score (nSPS) is 12.5. The predicted octanol–water partition coefficient (Wildman–Crippen LogP) is 4.29. The third-order valence-electron chi connectivity index (χ3n) is 3.30. The van der Waals surface area contributed by atoms with Crippen molar-refractivity contribution in [3.63, 3.8) is 0 Å². The fourth-order valence-electron chi connectivity index (χ4n) is 2.22. The number of aliphatic hydroxyl groups is 2. The van der Waals surface area contributed by atoms with E-state index in [1.54, 1.807) is 39.5 Å². The molecular weight excluding hydrogens is 280 g/mol. The molecule has 0 bridgehead atoms. The van der Waals surface area contributed by atoms with E-state index in [0.29, 0.717) is 0 Å². The summed E-state index contributed by atoms with van der Waals surface area (Å²) >= 11 is 1.57. The highest BCUT2D eigenvalue weighted by atomic mass is 32.2. The molecular formula is C18H22O2S. The Kier molecular flexibility index (Phi) is 4.47. The zero-order valence-electron chi connectivity index (χ0n) is 12.9. The van der Waals surface area contributed by atoms with E-state index < -0.39 is 11.2 Å². The molecule has 2 N–H and O–H groups in total. The molecule has 112 valence electrons. The van der Waals surface area contributed by atoms with E-state index in [4.69, 9.17) is 0 Å². The molecule has 2 aromatic carbocycles. The average Bonchev–Trinajstić information content (AvgIpc) is 2.37. The molecule has 0 aliphatic rings. The molecule has 0 atom stereocenters. The molecule has 2 nitrogen and oxygen atoms in total. The second-order valence-electron chi connectivity index (χ2n) is 6.22. The molecule has 2 aromatic rings. The summed E-state index contributed by atoms with van der Waals surface area (Å²) in [5.41, 5.74) is -0.261. The molecule has 0 heterocycles. The highest BCUT2D eigenvalue weighted by molar-refractivity contribution is 7.99. The number of benzene rings is 2. The van der Waals surface area contributed by atoms with Gasteiger partial charge in [-0.05, 0) is 51.0 Å². The lowest BCUT2D eigenvalue weighted by Crippen LogP contribution is -2.22. The summed E-state index contributed by atoms with van der Waals surface area (Å²) in [5.74, 6) is 0. The summed E-state index contributed by atoms with van der Waals surface area (Å²) in [5, 5.41) is 20.9. The molecule has 0 fully saturated rings. The summed E-state index contributed by atoms with van der Waals surface area (Å²) < 4.78 is 0. The lowest BCUT2D eigenvalue weighted by atomic mass is 9.91. The highest BCUT2D eigenvalue weighted by Crippen LogP contribution is 2.41. The Morgan fingerprint density at radius 1 is 0.714 bits per heavy atom. The maximum absolute atomic E-state index is 10.4. The molecule has 0 aliphatic carbocycles. The first kappa shape index (κ1) is 16.1. The van der Waals surface area contributed by atoms with Crippen LogP contribution in [0.4, 0.5) is 0 Å². The molecule has 0 aliphatic heterocycles. The molecule has 3 heteroatoms. The van der Waals surface area contributed by atoms with Crippen LogP contribution in [0, 0.1) is 0 Å². The van der Waals surface area contributed by atoms with Crippen molar-refractivity contribution >= 4 is 11.8 Å². The van der Waals surface area contributed by atoms with Gasteiger partial charge >= 0.3 is 0 Å². The van der Waals surface area contributed by atoms with Gasteiger partial charge in [-0.2, -0.15) is 0 Å². The maximum Gasteiger partial charge on any atom is 0.0851 e. The van der Waals surface area contributed by atoms with Crippen molar-refractivity contribution in [3.05, 3.63) is 59.7 Å². The van der Waals surface area contributed by atoms with Gasteiger partial charge in [-0.25, -0.2) is 0 Å². The van der Waals surface area contributed by atoms with Gasteiger partial charge in [0.15, 0.2) is 0 Å². The summed E-state index contributed by atoms with van der Waals surface area (Å²) in [6.45, 7) is 7.08. The van der Waals surface area contributed by atoms with Gasteiger partial charge in [0.25, 0.3) is 0 Å². The Balaban J connectivity index is 2.59. The van der Waals surface area contributed by atoms with E-state index in [-0.39, 0.29) is 0 Å². The standard InChI is InChI=1S/C18H22O2S/c1-17(2,19)14-11-8-12-15(18(3,4)20)16(14)21-13-9-6-5-7-10-13/h5-12,19-20H,1-4H3. The van der Waals surface area contributed by atoms with Crippen LogP contribution in [0.5, 0.6) is 0 Å². The molecule has 21 heavy (non-hydrogen) atoms. The Morgan fingerprint density at radius 3 is 1.62 bits per heavy atom. The minimum atomic E-state index is -0.960. The van der Waals surface area contributed by atoms with Gasteiger partial charge in [-0.3, -0.25) is 0 Å². The average molecular weight is 302 g/mol. The van der Waals surface area contributed by atoms with Crippen LogP contribution < -0.4 is 0 Å². The second-order valence-corrected chi connectivity index (χ2v) is 7.30. The summed E-state index contributed by atoms with van der Waals surface area (Å²) in [6, 6.07) is 15.7. The third kappa shape index (κ3) is 3.88. The van der Waals surface area contributed by atoms with Crippen molar-refractivity contribution < 1.29 is 10.2 Å². The van der Waals surface area contributed by atoms with Crippen molar-refractivity contribution in [1.82, 2.24) is 0 Å². The first-order chi connectivity index (χ1) is 9.69. The number of hydrogen-bond donors (Lipinski definition) is 2. The van der Waals surface area contributed by atoms with Gasteiger partial charge in [0.05, 0.1) is 11.2 Å². The van der Waals surface area contributed by atoms with Gasteiger partial charge < -0.3 is 10.2 Å². The van der Waals surface area contributed by atoms with Crippen molar-refractivity contribution in [2.24, 2.45) is 0 Å². The summed E-state index contributed by atoms with van der Waals surface area (Å²) in [4.78, 5) is 2.00. The Morgan fingerprint density at radius 2 is 1.19 bits per heavy atom. The van der Waals surface area contributed by atoms with E-state index in [1.165, 1.54) is 0 Å². The first-order valence-electron chi connectivity index (χ1n) is 7.01. The fourth-order valence-corrected chi connectivity index (χ4v) is 3.60. The van der Waals surface area contributed by atoms with Gasteiger partial charge in [0.1, 0.15) is 0 Å². The highest BCUT2D eigenvalue weighted by Gasteiger charge is 2.27. The lowest BCUT2D eigenvalue weighted by molar-refractivity contribution is 0.0662. The Labute approximate surface area is 130 Å². The van der Waals surface area contributed by atoms with Crippen molar-refractivity contribution in [1.29, 1.82) is 0 Å². The maximum atomic E-state index is 10.4. The van der Waals surface area contributed by atoms with Crippen LogP contribution >= 0.6 is 11.8 Å². The molecule has 0 aromatic heterocycles. The third-order valence-corrected chi connectivity index (χ3v) is 4.45. The smallest absolute Gasteiger partial charge is 0.0851 e. The number of hydrogen-bond acceptors (Lipinski definition) is 3. The quantitative estimate of drug-likeness (QED) is 0.885. The predicted molar refractivity (Wildman–Crippen MR) is 87.5 cm³/mol. The largest absolute Gasteiger partial charge is 0.386 e. The molecule has 0 saturated heterocycles. The van der Waals surface area contributed by atoms with Crippen LogP contribution in [0.2, 0.25) is 0 Å². The SMILES string of the molecule is CC(C)(O)c1cccc(C(C)(C)O)c1Sc1ccccc1. The van der Waals surface area contributed by atoms with E-state index in [0.717, 1.165) is 20.9 Å². The molecule has 0 saturated carbocycles. The van der Waals surface area contributed by atoms with Crippen LogP contribution in [0.3, 0.4) is 0 Å². The van der Waals surface area contributed by atoms with Gasteiger partial charge in [0.2, 0.25) is 0 Å². The van der Waals surface area contributed by atoms with Crippen LogP contribution in [-0.2, 0) is 11.2 Å². The Bertz CT molecular complexity index is 575. The molecule has 0 unspecified atom stereocenters. The van der Waals surface area contributed by atoms with Gasteiger partial charge in [-0.15, -0.1) is 0 Å². The van der Waals surface area contributed by atoms with E-state index >= 15 is 0 Å². The summed E-state index contributed by atoms with van der Waals surface area (Å²) in [7, 11) is 0. The Hall–Kier alpha value is -1.29. The zero-order valence-corrected chi connectivity index (χ0v) is 13.7. The van der Waals surface area contributed by atoms with Crippen LogP contribution in [0.1, 0.15) is 38.8 Å². The minimum Gasteiger partial charge on any atom is -0.386 e. The molecule has 0 amide bonds. The monoisotopic (exact) mass is 302 g/mol. The van der Waals surface area contributed by atoms with E-state index in [9.17, 15) is 10.2 Å². The van der Waals surface area contributed by atoms with Crippen LogP contribution in [0.15, 0.2) is 58.3 Å². The van der Waals surface area contributed by atoms with Gasteiger partial charge in [-0.1, -0.05) is 48.2 Å². The molecule has 0 radical (unpaired) electrons. The topological polar surface area (TPSA) is 40.5 Å². The lowest BCUT2D eigenvalue weighted by Gasteiger charge is -2.28. The van der Waals surface area contributed by atoms with E-state index in [2.05, 4.69) is 0 Å². The summed E-state index contributed by atoms with van der Waals surface area (Å²) in [6.07, 6.45) is 0. The van der Waals surface area contributed by atoms with Gasteiger partial charge in [0, 0.05) is 9.79 Å². The van der Waals surface area contributed by atoms with Crippen LogP contribution in [0.25, 0.3) is 0 Å². The fraction of sp³-hybridized carbons (Fsp3) is 0.333. The van der Waals surface area contributed by atoms with E-state index in [1.807, 2.05) is 48.5 Å². The molecule has 0 spiro atoms. The first-order valence-corrected chi connectivity index (χ1v) is 7.83. The number of rotatable bonds is 4. The zero-order chi connectivity index (χ0) is 15.7. The van der Waals surface area contributed by atoms with Crippen molar-refractivity contribution in [2.45, 2.75) is 48.7 Å². The van der Waals surface area contributed by atoms with Crippen LogP contribution in [-0.4, -0.2) is 10.2 Å². The minimum absolute atomic E-state index is 0.830. The van der Waals surface area contributed by atoms with Crippen molar-refractivity contribution in [2.75, 3.05) is 0 Å². The van der Waals surface area contributed by atoms with Crippen molar-refractivity contribution in [3.8, 4) is 0 Å². The molecule has 2 rings (SSSR count). The second kappa shape index (κ2) is 5.84.